The molecule has 3 aliphatic heterocycles. The summed E-state index contributed by atoms with van der Waals surface area (Å²) in [7, 11) is 1.63. The number of carbonyl (C=O) groups is 3. The molecule has 30 heavy (non-hydrogen) atoms. The van der Waals surface area contributed by atoms with Gasteiger partial charge in [-0.05, 0) is 53.2 Å². The van der Waals surface area contributed by atoms with Crippen molar-refractivity contribution in [2.24, 2.45) is 4.99 Å². The van der Waals surface area contributed by atoms with Gasteiger partial charge in [-0.25, -0.2) is 9.79 Å². The lowest BCUT2D eigenvalue weighted by molar-refractivity contribution is -0.142. The number of carbonyl (C=O) groups excluding carboxylic acids is 3. The fourth-order valence-corrected chi connectivity index (χ4v) is 4.46. The molecule has 3 unspecified atom stereocenters. The maximum absolute atomic E-state index is 13.4. The summed E-state index contributed by atoms with van der Waals surface area (Å²) < 4.78 is 0. The minimum absolute atomic E-state index is 0.232. The molecule has 0 bridgehead atoms. The first-order chi connectivity index (χ1) is 14.1. The van der Waals surface area contributed by atoms with E-state index in [0.29, 0.717) is 5.96 Å². The van der Waals surface area contributed by atoms with Crippen molar-refractivity contribution in [3.63, 3.8) is 0 Å². The summed E-state index contributed by atoms with van der Waals surface area (Å²) in [5.41, 5.74) is 5.16. The van der Waals surface area contributed by atoms with Gasteiger partial charge in [-0.3, -0.25) is 24.3 Å². The molecule has 1 aromatic rings. The normalized spacial score (nSPS) is 24.4. The number of imide groups is 1. The molecule has 0 aliphatic carbocycles. The summed E-state index contributed by atoms with van der Waals surface area (Å²) in [4.78, 5) is 49.6. The highest BCUT2D eigenvalue weighted by Gasteiger charge is 2.57. The number of guanidine groups is 1. The molecular weight excluding hydrogens is 382 g/mol. The number of amides is 3. The Balaban J connectivity index is 1.80. The van der Waals surface area contributed by atoms with E-state index in [1.54, 1.807) is 14.0 Å². The predicted molar refractivity (Wildman–Crippen MR) is 114 cm³/mol. The topological polar surface area (TPSA) is 76.5 Å². The number of nitrogens with zero attached hydrogens (tertiary/aromatic N) is 5. The van der Waals surface area contributed by atoms with E-state index < -0.39 is 24.3 Å². The molecule has 0 saturated carbocycles. The van der Waals surface area contributed by atoms with Gasteiger partial charge >= 0.3 is 6.03 Å². The van der Waals surface area contributed by atoms with Crippen molar-refractivity contribution in [3.05, 3.63) is 40.7 Å². The van der Waals surface area contributed by atoms with Crippen molar-refractivity contribution < 1.29 is 14.4 Å². The second-order valence-corrected chi connectivity index (χ2v) is 8.34. The molecule has 0 N–H and O–H groups in total. The van der Waals surface area contributed by atoms with Crippen molar-refractivity contribution in [1.29, 1.82) is 0 Å². The smallest absolute Gasteiger partial charge is 0.302 e. The first-order valence-electron chi connectivity index (χ1n) is 10.1. The van der Waals surface area contributed by atoms with Crippen LogP contribution in [0.5, 0.6) is 0 Å². The number of aryl methyl sites for hydroxylation is 2. The van der Waals surface area contributed by atoms with Gasteiger partial charge in [0.1, 0.15) is 0 Å². The SMILES string of the molecule is CC(=O)C(C)N1C(=O)C2C(N=C3N(c4ccc(C)cc4C)C(C)=C(C)N32)N(C)C1=O. The summed E-state index contributed by atoms with van der Waals surface area (Å²) in [5.74, 6) is 0.0147. The molecular formula is C22H27N5O3. The van der Waals surface area contributed by atoms with Gasteiger partial charge in [-0.1, -0.05) is 17.7 Å². The molecule has 0 aromatic heterocycles. The number of Topliss-reactive ketones (excluding diaryl/α,β-unsaturated/α-hetero) is 1. The zero-order chi connectivity index (χ0) is 22.1. The van der Waals surface area contributed by atoms with Crippen molar-refractivity contribution in [1.82, 2.24) is 14.7 Å². The lowest BCUT2D eigenvalue weighted by Gasteiger charge is -2.42. The Morgan fingerprint density at radius 1 is 1.10 bits per heavy atom. The summed E-state index contributed by atoms with van der Waals surface area (Å²) >= 11 is 0. The van der Waals surface area contributed by atoms with Crippen molar-refractivity contribution >= 4 is 29.4 Å². The van der Waals surface area contributed by atoms with E-state index in [1.807, 2.05) is 43.6 Å². The van der Waals surface area contributed by atoms with E-state index in [9.17, 15) is 14.4 Å². The Morgan fingerprint density at radius 2 is 1.77 bits per heavy atom. The first-order valence-corrected chi connectivity index (χ1v) is 10.1. The Labute approximate surface area is 176 Å². The lowest BCUT2D eigenvalue weighted by Crippen LogP contribution is -2.67. The Morgan fingerprint density at radius 3 is 2.37 bits per heavy atom. The maximum atomic E-state index is 13.4. The minimum atomic E-state index is -0.819. The third-order valence-electron chi connectivity index (χ3n) is 6.41. The fraction of sp³-hybridized carbons (Fsp3) is 0.455. The monoisotopic (exact) mass is 409 g/mol. The molecule has 4 rings (SSSR count). The zero-order valence-electron chi connectivity index (χ0n) is 18.4. The van der Waals surface area contributed by atoms with E-state index in [2.05, 4.69) is 12.1 Å². The number of aliphatic imine (C=N–C) groups is 1. The molecule has 3 amide bonds. The largest absolute Gasteiger partial charge is 0.328 e. The van der Waals surface area contributed by atoms with E-state index in [1.165, 1.54) is 17.4 Å². The molecule has 0 radical (unpaired) electrons. The quantitative estimate of drug-likeness (QED) is 0.767. The van der Waals surface area contributed by atoms with Crippen molar-refractivity contribution in [3.8, 4) is 0 Å². The molecule has 3 heterocycles. The van der Waals surface area contributed by atoms with Crippen LogP contribution in [0.1, 0.15) is 38.8 Å². The maximum Gasteiger partial charge on any atom is 0.328 e. The highest BCUT2D eigenvalue weighted by molar-refractivity contribution is 6.11. The van der Waals surface area contributed by atoms with E-state index in [0.717, 1.165) is 27.5 Å². The van der Waals surface area contributed by atoms with Crippen LogP contribution in [-0.4, -0.2) is 63.7 Å². The van der Waals surface area contributed by atoms with Crippen LogP contribution >= 0.6 is 0 Å². The molecule has 158 valence electrons. The third kappa shape index (κ3) is 2.59. The Kier molecular flexibility index (Phi) is 4.48. The van der Waals surface area contributed by atoms with Crippen molar-refractivity contribution in [2.75, 3.05) is 11.9 Å². The number of hydrogen-bond donors (Lipinski definition) is 0. The zero-order valence-corrected chi connectivity index (χ0v) is 18.4. The number of allylic oxidation sites excluding steroid dienone is 2. The highest BCUT2D eigenvalue weighted by atomic mass is 16.2. The van der Waals surface area contributed by atoms with Crippen LogP contribution in [0.3, 0.4) is 0 Å². The Bertz CT molecular complexity index is 1040. The number of rotatable bonds is 3. The van der Waals surface area contributed by atoms with Crippen LogP contribution in [0.15, 0.2) is 34.6 Å². The molecule has 8 nitrogen and oxygen atoms in total. The number of urea groups is 1. The average Bonchev–Trinajstić information content (AvgIpc) is 3.17. The van der Waals surface area contributed by atoms with E-state index in [-0.39, 0.29) is 11.7 Å². The van der Waals surface area contributed by atoms with Gasteiger partial charge in [-0.15, -0.1) is 0 Å². The predicted octanol–water partition coefficient (Wildman–Crippen LogP) is 2.61. The number of fused-ring (bicyclic) bond motifs is 3. The first kappa shape index (κ1) is 20.1. The summed E-state index contributed by atoms with van der Waals surface area (Å²) in [6, 6.07) is 4.21. The number of ketones is 1. The van der Waals surface area contributed by atoms with Crippen LogP contribution in [-0.2, 0) is 9.59 Å². The summed E-state index contributed by atoms with van der Waals surface area (Å²) in [6.07, 6.45) is -0.633. The van der Waals surface area contributed by atoms with Crippen molar-refractivity contribution in [2.45, 2.75) is 59.8 Å². The number of benzene rings is 1. The van der Waals surface area contributed by atoms with E-state index in [4.69, 9.17) is 4.99 Å². The second kappa shape index (κ2) is 6.68. The average molecular weight is 409 g/mol. The molecule has 8 heteroatoms. The van der Waals surface area contributed by atoms with Crippen LogP contribution < -0.4 is 4.90 Å². The molecule has 3 atom stereocenters. The molecule has 1 fully saturated rings. The second-order valence-electron chi connectivity index (χ2n) is 8.34. The van der Waals surface area contributed by atoms with Gasteiger partial charge < -0.3 is 4.90 Å². The van der Waals surface area contributed by atoms with Crippen LogP contribution in [0.25, 0.3) is 0 Å². The van der Waals surface area contributed by atoms with Gasteiger partial charge in [0.05, 0.1) is 11.7 Å². The van der Waals surface area contributed by atoms with Crippen LogP contribution in [0.4, 0.5) is 10.5 Å². The van der Waals surface area contributed by atoms with Gasteiger partial charge in [0.25, 0.3) is 5.91 Å². The summed E-state index contributed by atoms with van der Waals surface area (Å²) in [6.45, 7) is 11.0. The molecule has 1 aromatic carbocycles. The van der Waals surface area contributed by atoms with Gasteiger partial charge in [0.2, 0.25) is 5.96 Å². The third-order valence-corrected chi connectivity index (χ3v) is 6.41. The molecule has 0 spiro atoms. The lowest BCUT2D eigenvalue weighted by atomic mass is 10.1. The number of likely N-dealkylation sites (N-methyl/N-ethyl adjacent to an activating group) is 1. The summed E-state index contributed by atoms with van der Waals surface area (Å²) in [5, 5.41) is 0. The minimum Gasteiger partial charge on any atom is -0.302 e. The van der Waals surface area contributed by atoms with Crippen LogP contribution in [0, 0.1) is 13.8 Å². The molecule has 3 aliphatic rings. The number of hydrogen-bond acceptors (Lipinski definition) is 6. The number of anilines is 1. The Hall–Kier alpha value is -3.16. The van der Waals surface area contributed by atoms with Crippen LogP contribution in [0.2, 0.25) is 0 Å². The van der Waals surface area contributed by atoms with Gasteiger partial charge in [0, 0.05) is 18.4 Å². The highest BCUT2D eigenvalue weighted by Crippen LogP contribution is 2.41. The standard InChI is InChI=1S/C22H27N5O3/c1-11-8-9-17(12(2)10-11)25-13(3)14(4)26-18-19(23-21(25)26)24(7)22(30)27(20(18)29)15(5)16(6)28/h8-10,15,18-19H,1-7H3. The molecule has 1 saturated heterocycles. The van der Waals surface area contributed by atoms with Gasteiger partial charge in [-0.2, -0.15) is 0 Å². The van der Waals surface area contributed by atoms with Gasteiger partial charge in [0.15, 0.2) is 18.0 Å². The fourth-order valence-electron chi connectivity index (χ4n) is 4.46. The van der Waals surface area contributed by atoms with E-state index >= 15 is 0 Å².